The summed E-state index contributed by atoms with van der Waals surface area (Å²) in [5.41, 5.74) is 1.36. The zero-order valence-electron chi connectivity index (χ0n) is 6.92. The molecule has 0 aromatic heterocycles. The molecule has 0 saturated heterocycles. The maximum Gasteiger partial charge on any atom is 0.0812 e. The topological polar surface area (TPSA) is 12.4 Å². The first-order valence-electron chi connectivity index (χ1n) is 3.77. The summed E-state index contributed by atoms with van der Waals surface area (Å²) in [6, 6.07) is 0.236. The van der Waals surface area contributed by atoms with Crippen LogP contribution in [0, 0.1) is 0 Å². The summed E-state index contributed by atoms with van der Waals surface area (Å²) in [7, 11) is 0. The van der Waals surface area contributed by atoms with Crippen molar-refractivity contribution in [3.05, 3.63) is 11.6 Å². The van der Waals surface area contributed by atoms with Gasteiger partial charge in [0.05, 0.1) is 6.04 Å². The molecule has 0 rings (SSSR count). The molecule has 0 aromatic rings. The van der Waals surface area contributed by atoms with Gasteiger partial charge in [0.1, 0.15) is 0 Å². The highest BCUT2D eigenvalue weighted by Crippen LogP contribution is 2.10. The molecule has 0 N–H and O–H groups in total. The Balaban J connectivity index is 4.04. The van der Waals surface area contributed by atoms with Gasteiger partial charge in [-0.15, -0.1) is 0 Å². The molecule has 0 heterocycles. The fourth-order valence-electron chi connectivity index (χ4n) is 0.940. The van der Waals surface area contributed by atoms with Crippen LogP contribution >= 0.6 is 0 Å². The van der Waals surface area contributed by atoms with Crippen LogP contribution < -0.4 is 0 Å². The van der Waals surface area contributed by atoms with Crippen molar-refractivity contribution in [2.75, 3.05) is 0 Å². The van der Waals surface area contributed by atoms with Crippen LogP contribution in [0.4, 0.5) is 0 Å². The van der Waals surface area contributed by atoms with Gasteiger partial charge in [0.15, 0.2) is 0 Å². The van der Waals surface area contributed by atoms with Gasteiger partial charge in [0.25, 0.3) is 0 Å². The first-order chi connectivity index (χ1) is 4.76. The van der Waals surface area contributed by atoms with Gasteiger partial charge in [-0.2, -0.15) is 0 Å². The van der Waals surface area contributed by atoms with Gasteiger partial charge in [0.2, 0.25) is 0 Å². The Kier molecular flexibility index (Phi) is 5.40. The van der Waals surface area contributed by atoms with Gasteiger partial charge >= 0.3 is 0 Å². The molecule has 0 aliphatic heterocycles. The van der Waals surface area contributed by atoms with E-state index in [0.29, 0.717) is 0 Å². The van der Waals surface area contributed by atoms with Gasteiger partial charge in [0, 0.05) is 12.4 Å². The monoisotopic (exact) mass is 157 g/mol. The van der Waals surface area contributed by atoms with Gasteiger partial charge in [-0.25, -0.2) is 4.36 Å². The Hall–Kier alpha value is -0.240. The zero-order chi connectivity index (χ0) is 7.98. The molecule has 0 fully saturated rings. The van der Waals surface area contributed by atoms with E-state index >= 15 is 0 Å². The highest BCUT2D eigenvalue weighted by molar-refractivity contribution is 7.47. The van der Waals surface area contributed by atoms with Crippen LogP contribution in [-0.4, -0.2) is 6.04 Å². The van der Waals surface area contributed by atoms with Crippen molar-refractivity contribution in [2.45, 2.75) is 39.7 Å². The fourth-order valence-corrected chi connectivity index (χ4v) is 1.08. The van der Waals surface area contributed by atoms with Crippen molar-refractivity contribution in [1.29, 1.82) is 0 Å². The maximum absolute atomic E-state index is 4.62. The summed E-state index contributed by atoms with van der Waals surface area (Å²) >= 11 is 4.62. The third kappa shape index (κ3) is 3.06. The lowest BCUT2D eigenvalue weighted by Gasteiger charge is -2.06. The van der Waals surface area contributed by atoms with E-state index in [4.69, 9.17) is 0 Å². The van der Waals surface area contributed by atoms with E-state index in [9.17, 15) is 0 Å². The fraction of sp³-hybridized carbons (Fsp3) is 0.750. The largest absolute Gasteiger partial charge is 0.212 e. The van der Waals surface area contributed by atoms with Crippen LogP contribution in [0.5, 0.6) is 0 Å². The number of nitrogens with zero attached hydrogens (tertiary/aromatic N) is 1. The SMILES string of the molecule is CC/C=C(\CC)C(C)N=S. The minimum atomic E-state index is 0.236. The Morgan fingerprint density at radius 3 is 2.50 bits per heavy atom. The summed E-state index contributed by atoms with van der Waals surface area (Å²) in [5, 5.41) is 0. The molecular formula is C8H15NS. The average Bonchev–Trinajstić information content (AvgIpc) is 1.99. The van der Waals surface area contributed by atoms with E-state index in [2.05, 4.69) is 36.7 Å². The molecule has 0 aliphatic rings. The molecule has 0 radical (unpaired) electrons. The molecule has 1 atom stereocenters. The molecule has 2 heteroatoms. The predicted octanol–water partition coefficient (Wildman–Crippen LogP) is 2.85. The first kappa shape index (κ1) is 9.76. The van der Waals surface area contributed by atoms with E-state index in [1.807, 2.05) is 6.92 Å². The normalized spacial score (nSPS) is 14.9. The van der Waals surface area contributed by atoms with E-state index < -0.39 is 0 Å². The van der Waals surface area contributed by atoms with Crippen molar-refractivity contribution in [1.82, 2.24) is 0 Å². The Bertz CT molecular complexity index is 129. The Labute approximate surface area is 68.7 Å². The molecule has 0 bridgehead atoms. The first-order valence-corrected chi connectivity index (χ1v) is 4.14. The lowest BCUT2D eigenvalue weighted by molar-refractivity contribution is 0.819. The number of rotatable bonds is 4. The molecular weight excluding hydrogens is 142 g/mol. The molecule has 0 amide bonds. The van der Waals surface area contributed by atoms with Crippen molar-refractivity contribution >= 4 is 12.4 Å². The standard InChI is InChI=1S/C8H15NS/c1-4-6-8(5-2)7(3)9-10/h6-7H,4-5H2,1-3H3/b8-6+. The molecule has 0 spiro atoms. The second kappa shape index (κ2) is 5.54. The number of hydrogen-bond acceptors (Lipinski definition) is 2. The number of hydrogen-bond donors (Lipinski definition) is 0. The average molecular weight is 157 g/mol. The lowest BCUT2D eigenvalue weighted by Crippen LogP contribution is -2.00. The molecule has 0 aliphatic carbocycles. The lowest BCUT2D eigenvalue weighted by atomic mass is 10.1. The Morgan fingerprint density at radius 2 is 2.20 bits per heavy atom. The van der Waals surface area contributed by atoms with Gasteiger partial charge < -0.3 is 0 Å². The summed E-state index contributed by atoms with van der Waals surface area (Å²) in [6.45, 7) is 6.31. The molecule has 58 valence electrons. The van der Waals surface area contributed by atoms with Crippen LogP contribution in [0.3, 0.4) is 0 Å². The summed E-state index contributed by atoms with van der Waals surface area (Å²) in [4.78, 5) is 0. The minimum absolute atomic E-state index is 0.236. The van der Waals surface area contributed by atoms with Crippen LogP contribution in [0.1, 0.15) is 33.6 Å². The second-order valence-electron chi connectivity index (χ2n) is 2.32. The number of allylic oxidation sites excluding steroid dienone is 1. The van der Waals surface area contributed by atoms with E-state index in [-0.39, 0.29) is 6.04 Å². The summed E-state index contributed by atoms with van der Waals surface area (Å²) in [5.74, 6) is 0. The molecule has 1 nitrogen and oxygen atoms in total. The van der Waals surface area contributed by atoms with Crippen LogP contribution in [-0.2, 0) is 12.4 Å². The van der Waals surface area contributed by atoms with E-state index in [1.54, 1.807) is 0 Å². The highest BCUT2D eigenvalue weighted by atomic mass is 32.1. The smallest absolute Gasteiger partial charge is 0.0812 e. The van der Waals surface area contributed by atoms with E-state index in [1.165, 1.54) is 5.57 Å². The van der Waals surface area contributed by atoms with Crippen LogP contribution in [0.25, 0.3) is 0 Å². The Morgan fingerprint density at radius 1 is 1.60 bits per heavy atom. The third-order valence-electron chi connectivity index (χ3n) is 1.57. The van der Waals surface area contributed by atoms with Crippen molar-refractivity contribution in [2.24, 2.45) is 4.36 Å². The summed E-state index contributed by atoms with van der Waals surface area (Å²) < 4.78 is 3.79. The van der Waals surface area contributed by atoms with Crippen LogP contribution in [0.2, 0.25) is 0 Å². The molecule has 10 heavy (non-hydrogen) atoms. The van der Waals surface area contributed by atoms with Crippen LogP contribution in [0.15, 0.2) is 16.0 Å². The molecule has 1 unspecified atom stereocenters. The quantitative estimate of drug-likeness (QED) is 0.572. The molecule has 0 aromatic carbocycles. The van der Waals surface area contributed by atoms with Gasteiger partial charge in [-0.05, 0) is 25.3 Å². The highest BCUT2D eigenvalue weighted by Gasteiger charge is 2.01. The van der Waals surface area contributed by atoms with Crippen molar-refractivity contribution < 1.29 is 0 Å². The van der Waals surface area contributed by atoms with E-state index in [0.717, 1.165) is 12.8 Å². The zero-order valence-corrected chi connectivity index (χ0v) is 7.74. The summed E-state index contributed by atoms with van der Waals surface area (Å²) in [6.07, 6.45) is 4.36. The van der Waals surface area contributed by atoms with Crippen molar-refractivity contribution in [3.8, 4) is 0 Å². The minimum Gasteiger partial charge on any atom is -0.212 e. The van der Waals surface area contributed by atoms with Gasteiger partial charge in [-0.3, -0.25) is 0 Å². The predicted molar refractivity (Wildman–Crippen MR) is 47.9 cm³/mol. The third-order valence-corrected chi connectivity index (χ3v) is 1.89. The second-order valence-corrected chi connectivity index (χ2v) is 2.53. The van der Waals surface area contributed by atoms with Crippen molar-refractivity contribution in [3.63, 3.8) is 0 Å². The molecule has 0 saturated carbocycles. The maximum atomic E-state index is 4.62. The van der Waals surface area contributed by atoms with Gasteiger partial charge in [-0.1, -0.05) is 19.9 Å².